The second-order valence-electron chi connectivity index (χ2n) is 6.84. The summed E-state index contributed by atoms with van der Waals surface area (Å²) < 4.78 is 6.15. The standard InChI is InChI=1S/C19H24N4O2S/c20-19-21-15(13-26-19)18(24)23-10-11-25-16(12-22-8-4-5-9-22)17(23)14-6-2-1-3-7-14/h1-3,6-7,13,16-17H,4-5,8-12H2,(H2,20,21)/t16-,17-/m0/s1. The van der Waals surface area contributed by atoms with Crippen molar-refractivity contribution >= 4 is 22.4 Å². The van der Waals surface area contributed by atoms with Gasteiger partial charge in [0.15, 0.2) is 5.13 Å². The van der Waals surface area contributed by atoms with Gasteiger partial charge in [0.25, 0.3) is 5.91 Å². The normalized spacial score (nSPS) is 24.1. The maximum atomic E-state index is 13.1. The van der Waals surface area contributed by atoms with Crippen molar-refractivity contribution in [3.63, 3.8) is 0 Å². The molecule has 0 aliphatic carbocycles. The average Bonchev–Trinajstić information content (AvgIpc) is 3.33. The third-order valence-corrected chi connectivity index (χ3v) is 5.81. The van der Waals surface area contributed by atoms with E-state index in [1.165, 1.54) is 24.2 Å². The van der Waals surface area contributed by atoms with E-state index in [1.807, 2.05) is 23.1 Å². The summed E-state index contributed by atoms with van der Waals surface area (Å²) >= 11 is 1.30. The molecule has 0 radical (unpaired) electrons. The number of ether oxygens (including phenoxy) is 1. The average molecular weight is 372 g/mol. The van der Waals surface area contributed by atoms with Crippen molar-refractivity contribution < 1.29 is 9.53 Å². The Bertz CT molecular complexity index is 745. The zero-order valence-electron chi connectivity index (χ0n) is 14.7. The van der Waals surface area contributed by atoms with E-state index >= 15 is 0 Å². The highest BCUT2D eigenvalue weighted by molar-refractivity contribution is 7.13. The van der Waals surface area contributed by atoms with Crippen molar-refractivity contribution in [1.29, 1.82) is 0 Å². The number of hydrogen-bond donors (Lipinski definition) is 1. The number of carbonyl (C=O) groups excluding carboxylic acids is 1. The van der Waals surface area contributed by atoms with E-state index in [0.29, 0.717) is 24.0 Å². The van der Waals surface area contributed by atoms with Crippen LogP contribution < -0.4 is 5.73 Å². The SMILES string of the molecule is Nc1nc(C(=O)N2CCO[C@@H](CN3CCCC3)[C@@H]2c2ccccc2)cs1. The molecule has 0 spiro atoms. The van der Waals surface area contributed by atoms with Crippen molar-refractivity contribution in [1.82, 2.24) is 14.8 Å². The highest BCUT2D eigenvalue weighted by Gasteiger charge is 2.38. The van der Waals surface area contributed by atoms with E-state index in [2.05, 4.69) is 22.0 Å². The first kappa shape index (κ1) is 17.5. The monoisotopic (exact) mass is 372 g/mol. The lowest BCUT2D eigenvalue weighted by Crippen LogP contribution is -2.51. The molecule has 26 heavy (non-hydrogen) atoms. The van der Waals surface area contributed by atoms with Gasteiger partial charge in [-0.15, -0.1) is 11.3 Å². The van der Waals surface area contributed by atoms with Gasteiger partial charge in [-0.3, -0.25) is 4.79 Å². The first-order chi connectivity index (χ1) is 12.7. The van der Waals surface area contributed by atoms with E-state index in [-0.39, 0.29) is 18.1 Å². The van der Waals surface area contributed by atoms with Crippen molar-refractivity contribution in [2.24, 2.45) is 0 Å². The molecule has 2 N–H and O–H groups in total. The van der Waals surface area contributed by atoms with E-state index in [4.69, 9.17) is 10.5 Å². The summed E-state index contributed by atoms with van der Waals surface area (Å²) in [6, 6.07) is 10.1. The van der Waals surface area contributed by atoms with Crippen LogP contribution in [0.2, 0.25) is 0 Å². The Balaban J connectivity index is 1.63. The number of nitrogen functional groups attached to an aromatic ring is 1. The molecule has 2 fully saturated rings. The summed E-state index contributed by atoms with van der Waals surface area (Å²) in [6.45, 7) is 4.18. The second-order valence-corrected chi connectivity index (χ2v) is 7.73. The number of anilines is 1. The van der Waals surface area contributed by atoms with Gasteiger partial charge < -0.3 is 20.3 Å². The minimum atomic E-state index is -0.110. The molecule has 7 heteroatoms. The van der Waals surface area contributed by atoms with Crippen LogP contribution in [0.25, 0.3) is 0 Å². The fourth-order valence-electron chi connectivity index (χ4n) is 3.91. The van der Waals surface area contributed by atoms with E-state index in [0.717, 1.165) is 25.2 Å². The van der Waals surface area contributed by atoms with Gasteiger partial charge in [0.1, 0.15) is 5.69 Å². The molecule has 3 heterocycles. The summed E-state index contributed by atoms with van der Waals surface area (Å²) in [5.41, 5.74) is 7.26. The van der Waals surface area contributed by atoms with Gasteiger partial charge in [0.2, 0.25) is 0 Å². The fourth-order valence-corrected chi connectivity index (χ4v) is 4.45. The van der Waals surface area contributed by atoms with Crippen LogP contribution in [0.5, 0.6) is 0 Å². The first-order valence-electron chi connectivity index (χ1n) is 9.13. The van der Waals surface area contributed by atoms with Crippen molar-refractivity contribution in [2.45, 2.75) is 25.0 Å². The lowest BCUT2D eigenvalue weighted by molar-refractivity contribution is -0.0708. The maximum Gasteiger partial charge on any atom is 0.274 e. The number of aromatic nitrogens is 1. The van der Waals surface area contributed by atoms with Gasteiger partial charge in [-0.05, 0) is 31.5 Å². The molecule has 4 rings (SSSR count). The fraction of sp³-hybridized carbons (Fsp3) is 0.474. The molecule has 0 unspecified atom stereocenters. The van der Waals surface area contributed by atoms with Crippen LogP contribution in [0.3, 0.4) is 0 Å². The van der Waals surface area contributed by atoms with E-state index in [9.17, 15) is 4.79 Å². The van der Waals surface area contributed by atoms with Gasteiger partial charge in [-0.2, -0.15) is 0 Å². The number of morpholine rings is 1. The Morgan fingerprint density at radius 2 is 2.00 bits per heavy atom. The molecular weight excluding hydrogens is 348 g/mol. The smallest absolute Gasteiger partial charge is 0.274 e. The van der Waals surface area contributed by atoms with Crippen LogP contribution in [0.4, 0.5) is 5.13 Å². The van der Waals surface area contributed by atoms with Crippen LogP contribution >= 0.6 is 11.3 Å². The molecule has 1 amide bonds. The third kappa shape index (κ3) is 3.60. The molecule has 2 aliphatic heterocycles. The predicted molar refractivity (Wildman–Crippen MR) is 102 cm³/mol. The zero-order chi connectivity index (χ0) is 17.9. The Kier molecular flexibility index (Phi) is 5.19. The summed E-state index contributed by atoms with van der Waals surface area (Å²) in [5, 5.41) is 2.16. The number of nitrogens with zero attached hydrogens (tertiary/aromatic N) is 3. The predicted octanol–water partition coefficient (Wildman–Crippen LogP) is 2.40. The number of nitrogens with two attached hydrogens (primary N) is 1. The number of likely N-dealkylation sites (tertiary alicyclic amines) is 1. The quantitative estimate of drug-likeness (QED) is 0.892. The van der Waals surface area contributed by atoms with Gasteiger partial charge in [-0.1, -0.05) is 30.3 Å². The van der Waals surface area contributed by atoms with Crippen molar-refractivity contribution in [2.75, 3.05) is 38.5 Å². The number of hydrogen-bond acceptors (Lipinski definition) is 6. The Hall–Kier alpha value is -1.96. The molecular formula is C19H24N4O2S. The number of thiazole rings is 1. The highest BCUT2D eigenvalue weighted by atomic mass is 32.1. The van der Waals surface area contributed by atoms with Gasteiger partial charge in [0.05, 0.1) is 18.8 Å². The topological polar surface area (TPSA) is 71.7 Å². The van der Waals surface area contributed by atoms with Crippen LogP contribution in [0, 0.1) is 0 Å². The molecule has 0 bridgehead atoms. The molecule has 2 aromatic rings. The molecule has 1 aromatic heterocycles. The summed E-state index contributed by atoms with van der Waals surface area (Å²) in [5.74, 6) is -0.0680. The maximum absolute atomic E-state index is 13.1. The van der Waals surface area contributed by atoms with Crippen LogP contribution in [-0.2, 0) is 4.74 Å². The number of rotatable bonds is 4. The third-order valence-electron chi connectivity index (χ3n) is 5.13. The van der Waals surface area contributed by atoms with Gasteiger partial charge in [-0.25, -0.2) is 4.98 Å². The molecule has 2 saturated heterocycles. The van der Waals surface area contributed by atoms with Crippen molar-refractivity contribution in [3.05, 3.63) is 47.0 Å². The lowest BCUT2D eigenvalue weighted by atomic mass is 9.97. The number of benzene rings is 1. The van der Waals surface area contributed by atoms with E-state index in [1.54, 1.807) is 5.38 Å². The van der Waals surface area contributed by atoms with E-state index < -0.39 is 0 Å². The summed E-state index contributed by atoms with van der Waals surface area (Å²) in [4.78, 5) is 21.7. The minimum absolute atomic E-state index is 0.0378. The largest absolute Gasteiger partial charge is 0.375 e. The van der Waals surface area contributed by atoms with Crippen molar-refractivity contribution in [3.8, 4) is 0 Å². The molecule has 2 aliphatic rings. The van der Waals surface area contributed by atoms with Gasteiger partial charge >= 0.3 is 0 Å². The zero-order valence-corrected chi connectivity index (χ0v) is 15.5. The van der Waals surface area contributed by atoms with Crippen LogP contribution in [-0.4, -0.2) is 59.6 Å². The molecule has 0 saturated carbocycles. The Labute approximate surface area is 157 Å². The second kappa shape index (κ2) is 7.73. The van der Waals surface area contributed by atoms with Crippen LogP contribution in [0.1, 0.15) is 34.9 Å². The highest BCUT2D eigenvalue weighted by Crippen LogP contribution is 2.32. The summed E-state index contributed by atoms with van der Waals surface area (Å²) in [6.07, 6.45) is 2.44. The number of carbonyl (C=O) groups is 1. The Morgan fingerprint density at radius 1 is 1.23 bits per heavy atom. The lowest BCUT2D eigenvalue weighted by Gasteiger charge is -2.42. The van der Waals surface area contributed by atoms with Gasteiger partial charge in [0, 0.05) is 18.5 Å². The summed E-state index contributed by atoms with van der Waals surface area (Å²) in [7, 11) is 0. The first-order valence-corrected chi connectivity index (χ1v) is 10.0. The molecule has 138 valence electrons. The molecule has 2 atom stereocenters. The molecule has 6 nitrogen and oxygen atoms in total. The Morgan fingerprint density at radius 3 is 2.69 bits per heavy atom. The van der Waals surface area contributed by atoms with Crippen LogP contribution in [0.15, 0.2) is 35.7 Å². The minimum Gasteiger partial charge on any atom is -0.375 e. The number of amides is 1. The molecule has 1 aromatic carbocycles.